The van der Waals surface area contributed by atoms with Gasteiger partial charge >= 0.3 is 0 Å². The third-order valence-corrected chi connectivity index (χ3v) is 6.20. The van der Waals surface area contributed by atoms with Crippen molar-refractivity contribution in [3.63, 3.8) is 0 Å². The number of rotatable bonds is 2. The fourth-order valence-electron chi connectivity index (χ4n) is 4.71. The van der Waals surface area contributed by atoms with Crippen molar-refractivity contribution in [3.05, 3.63) is 0 Å². The molecule has 2 saturated carbocycles. The predicted molar refractivity (Wildman–Crippen MR) is 74.5 cm³/mol. The van der Waals surface area contributed by atoms with Gasteiger partial charge in [0.05, 0.1) is 6.10 Å². The SMILES string of the molecule is CC1CCCC(NC2C3CCOC3C2(C)C)C1C. The second-order valence-corrected chi connectivity index (χ2v) is 7.58. The van der Waals surface area contributed by atoms with Gasteiger partial charge in [0.2, 0.25) is 0 Å². The molecule has 6 atom stereocenters. The predicted octanol–water partition coefficient (Wildman–Crippen LogP) is 3.21. The molecule has 1 aliphatic heterocycles. The van der Waals surface area contributed by atoms with Gasteiger partial charge in [0.25, 0.3) is 0 Å². The van der Waals surface area contributed by atoms with Gasteiger partial charge in [0.1, 0.15) is 0 Å². The van der Waals surface area contributed by atoms with Crippen LogP contribution in [0, 0.1) is 23.2 Å². The molecule has 1 saturated heterocycles. The minimum absolute atomic E-state index is 0.335. The standard InChI is InChI=1S/C16H29NO/c1-10-6-5-7-13(11(10)2)17-14-12-8-9-18-15(12)16(14,3)4/h10-15,17H,5-9H2,1-4H3. The van der Waals surface area contributed by atoms with Crippen molar-refractivity contribution in [1.29, 1.82) is 0 Å². The molecule has 104 valence electrons. The second-order valence-electron chi connectivity index (χ2n) is 7.58. The summed E-state index contributed by atoms with van der Waals surface area (Å²) < 4.78 is 5.89. The van der Waals surface area contributed by atoms with Crippen LogP contribution in [0.25, 0.3) is 0 Å². The van der Waals surface area contributed by atoms with Gasteiger partial charge in [0.15, 0.2) is 0 Å². The zero-order valence-electron chi connectivity index (χ0n) is 12.4. The second kappa shape index (κ2) is 4.49. The first-order chi connectivity index (χ1) is 8.51. The van der Waals surface area contributed by atoms with Crippen molar-refractivity contribution in [2.45, 2.75) is 71.6 Å². The molecule has 3 aliphatic rings. The van der Waals surface area contributed by atoms with E-state index in [4.69, 9.17) is 4.74 Å². The Hall–Kier alpha value is -0.0800. The molecule has 2 nitrogen and oxygen atoms in total. The summed E-state index contributed by atoms with van der Waals surface area (Å²) in [6.45, 7) is 10.6. The van der Waals surface area contributed by atoms with Crippen LogP contribution in [0.1, 0.15) is 53.4 Å². The molecule has 0 amide bonds. The third kappa shape index (κ3) is 1.84. The monoisotopic (exact) mass is 251 g/mol. The topological polar surface area (TPSA) is 21.3 Å². The molecule has 1 heterocycles. The third-order valence-electron chi connectivity index (χ3n) is 6.20. The Morgan fingerprint density at radius 3 is 2.67 bits per heavy atom. The largest absolute Gasteiger partial charge is 0.377 e. The van der Waals surface area contributed by atoms with Gasteiger partial charge in [0, 0.05) is 30.0 Å². The summed E-state index contributed by atoms with van der Waals surface area (Å²) in [5, 5.41) is 4.02. The van der Waals surface area contributed by atoms with Gasteiger partial charge in [-0.3, -0.25) is 0 Å². The number of ether oxygens (including phenoxy) is 1. The highest BCUT2D eigenvalue weighted by Crippen LogP contribution is 2.52. The fourth-order valence-corrected chi connectivity index (χ4v) is 4.71. The van der Waals surface area contributed by atoms with E-state index >= 15 is 0 Å². The number of hydrogen-bond donors (Lipinski definition) is 1. The van der Waals surface area contributed by atoms with Crippen molar-refractivity contribution in [2.24, 2.45) is 23.2 Å². The first-order valence-corrected chi connectivity index (χ1v) is 7.89. The van der Waals surface area contributed by atoms with Crippen molar-refractivity contribution in [1.82, 2.24) is 5.32 Å². The molecule has 3 fully saturated rings. The lowest BCUT2D eigenvalue weighted by Gasteiger charge is -2.56. The van der Waals surface area contributed by atoms with Crippen molar-refractivity contribution in [3.8, 4) is 0 Å². The summed E-state index contributed by atoms with van der Waals surface area (Å²) in [5.41, 5.74) is 0.335. The summed E-state index contributed by atoms with van der Waals surface area (Å²) in [6.07, 6.45) is 5.98. The smallest absolute Gasteiger partial charge is 0.0685 e. The number of nitrogens with one attached hydrogen (secondary N) is 1. The van der Waals surface area contributed by atoms with Crippen LogP contribution in [0.4, 0.5) is 0 Å². The number of fused-ring (bicyclic) bond motifs is 1. The van der Waals surface area contributed by atoms with Crippen molar-refractivity contribution in [2.75, 3.05) is 6.61 Å². The molecule has 18 heavy (non-hydrogen) atoms. The zero-order chi connectivity index (χ0) is 12.9. The van der Waals surface area contributed by atoms with Crippen LogP contribution in [0.5, 0.6) is 0 Å². The molecule has 0 spiro atoms. The van der Waals surface area contributed by atoms with Crippen LogP contribution in [-0.2, 0) is 4.74 Å². The summed E-state index contributed by atoms with van der Waals surface area (Å²) in [4.78, 5) is 0. The summed E-state index contributed by atoms with van der Waals surface area (Å²) >= 11 is 0. The van der Waals surface area contributed by atoms with Gasteiger partial charge in [-0.15, -0.1) is 0 Å². The van der Waals surface area contributed by atoms with Gasteiger partial charge < -0.3 is 10.1 Å². The van der Waals surface area contributed by atoms with Crippen molar-refractivity contribution < 1.29 is 4.74 Å². The van der Waals surface area contributed by atoms with E-state index in [2.05, 4.69) is 33.0 Å². The average Bonchev–Trinajstić information content (AvgIpc) is 2.77. The van der Waals surface area contributed by atoms with Crippen LogP contribution in [0.2, 0.25) is 0 Å². The van der Waals surface area contributed by atoms with Crippen LogP contribution in [0.15, 0.2) is 0 Å². The summed E-state index contributed by atoms with van der Waals surface area (Å²) in [5.74, 6) is 2.50. The Kier molecular flexibility index (Phi) is 3.22. The van der Waals surface area contributed by atoms with E-state index in [1.807, 2.05) is 0 Å². The molecule has 6 unspecified atom stereocenters. The minimum Gasteiger partial charge on any atom is -0.377 e. The minimum atomic E-state index is 0.335. The maximum absolute atomic E-state index is 5.89. The molecular formula is C16H29NO. The molecular weight excluding hydrogens is 222 g/mol. The van der Waals surface area contributed by atoms with Gasteiger partial charge in [-0.25, -0.2) is 0 Å². The van der Waals surface area contributed by atoms with Gasteiger partial charge in [-0.1, -0.05) is 40.5 Å². The van der Waals surface area contributed by atoms with E-state index in [1.54, 1.807) is 0 Å². The van der Waals surface area contributed by atoms with E-state index in [9.17, 15) is 0 Å². The molecule has 3 rings (SSSR count). The molecule has 0 aromatic heterocycles. The molecule has 2 aliphatic carbocycles. The fraction of sp³-hybridized carbons (Fsp3) is 1.00. The zero-order valence-corrected chi connectivity index (χ0v) is 12.4. The normalized spacial score (nSPS) is 50.7. The molecule has 0 bridgehead atoms. The summed E-state index contributed by atoms with van der Waals surface area (Å²) in [7, 11) is 0. The Balaban J connectivity index is 1.65. The maximum Gasteiger partial charge on any atom is 0.0685 e. The first-order valence-electron chi connectivity index (χ1n) is 7.89. The highest BCUT2D eigenvalue weighted by atomic mass is 16.5. The van der Waals surface area contributed by atoms with Crippen LogP contribution in [-0.4, -0.2) is 24.8 Å². The highest BCUT2D eigenvalue weighted by molar-refractivity contribution is 5.12. The lowest BCUT2D eigenvalue weighted by molar-refractivity contribution is -0.118. The van der Waals surface area contributed by atoms with E-state index in [-0.39, 0.29) is 0 Å². The van der Waals surface area contributed by atoms with Gasteiger partial charge in [-0.05, 0) is 24.7 Å². The Bertz CT molecular complexity index is 314. The summed E-state index contributed by atoms with van der Waals surface area (Å²) in [6, 6.07) is 1.42. The molecule has 2 heteroatoms. The lowest BCUT2D eigenvalue weighted by atomic mass is 9.57. The quantitative estimate of drug-likeness (QED) is 0.813. The van der Waals surface area contributed by atoms with Crippen LogP contribution < -0.4 is 5.32 Å². The lowest BCUT2D eigenvalue weighted by Crippen LogP contribution is -2.68. The van der Waals surface area contributed by atoms with Crippen LogP contribution in [0.3, 0.4) is 0 Å². The molecule has 0 aromatic carbocycles. The van der Waals surface area contributed by atoms with E-state index in [0.717, 1.165) is 30.4 Å². The maximum atomic E-state index is 5.89. The molecule has 0 radical (unpaired) electrons. The number of hydrogen-bond acceptors (Lipinski definition) is 2. The Labute approximate surface area is 112 Å². The average molecular weight is 251 g/mol. The van der Waals surface area contributed by atoms with Crippen molar-refractivity contribution >= 4 is 0 Å². The Morgan fingerprint density at radius 2 is 1.89 bits per heavy atom. The van der Waals surface area contributed by atoms with Gasteiger partial charge in [-0.2, -0.15) is 0 Å². The molecule has 1 N–H and O–H groups in total. The highest BCUT2D eigenvalue weighted by Gasteiger charge is 2.59. The molecule has 0 aromatic rings. The van der Waals surface area contributed by atoms with E-state index in [1.165, 1.54) is 25.7 Å². The first kappa shape index (κ1) is 12.9. The van der Waals surface area contributed by atoms with Crippen LogP contribution >= 0.6 is 0 Å². The Morgan fingerprint density at radius 1 is 1.11 bits per heavy atom. The van der Waals surface area contributed by atoms with E-state index < -0.39 is 0 Å². The van der Waals surface area contributed by atoms with E-state index in [0.29, 0.717) is 17.6 Å².